The largest absolute Gasteiger partial charge is 0.423 e. The maximum absolute atomic E-state index is 11.7. The van der Waals surface area contributed by atoms with Crippen molar-refractivity contribution in [2.45, 2.75) is 0 Å². The lowest BCUT2D eigenvalue weighted by molar-refractivity contribution is 0.0959. The van der Waals surface area contributed by atoms with E-state index in [4.69, 9.17) is 4.42 Å². The van der Waals surface area contributed by atoms with Crippen LogP contribution in [0.25, 0.3) is 11.0 Å². The number of hydrogen-bond donors (Lipinski definition) is 1. The molecule has 0 fully saturated rings. The summed E-state index contributed by atoms with van der Waals surface area (Å²) in [6.45, 7) is 0. The number of fused-ring (bicyclic) bond motifs is 1. The Hall–Kier alpha value is -2.73. The van der Waals surface area contributed by atoms with Gasteiger partial charge in [0.15, 0.2) is 0 Å². The first-order chi connectivity index (χ1) is 10.2. The molecule has 0 aliphatic heterocycles. The van der Waals surface area contributed by atoms with Crippen LogP contribution >= 0.6 is 11.3 Å². The van der Waals surface area contributed by atoms with Crippen molar-refractivity contribution in [3.05, 3.63) is 68.7 Å². The van der Waals surface area contributed by atoms with E-state index < -0.39 is 0 Å². The van der Waals surface area contributed by atoms with Crippen LogP contribution < -0.4 is 11.1 Å². The van der Waals surface area contributed by atoms with Crippen LogP contribution in [-0.4, -0.2) is 12.1 Å². The first-order valence-electron chi connectivity index (χ1n) is 6.13. The lowest BCUT2D eigenvalue weighted by atomic mass is 10.1. The highest BCUT2D eigenvalue weighted by Crippen LogP contribution is 2.13. The molecule has 5 nitrogen and oxygen atoms in total. The summed E-state index contributed by atoms with van der Waals surface area (Å²) in [5.41, 5.74) is 3.39. The predicted molar refractivity (Wildman–Crippen MR) is 81.9 cm³/mol. The SMILES string of the molecule is O=C(N/N=C/c1ccc2oc(=O)ccc2c1)c1cccs1. The summed E-state index contributed by atoms with van der Waals surface area (Å²) >= 11 is 1.35. The van der Waals surface area contributed by atoms with Crippen LogP contribution in [0.4, 0.5) is 0 Å². The lowest BCUT2D eigenvalue weighted by Crippen LogP contribution is -2.16. The van der Waals surface area contributed by atoms with Crippen LogP contribution in [0.3, 0.4) is 0 Å². The fourth-order valence-corrected chi connectivity index (χ4v) is 2.41. The van der Waals surface area contributed by atoms with Gasteiger partial charge in [0.1, 0.15) is 5.58 Å². The molecule has 0 saturated heterocycles. The van der Waals surface area contributed by atoms with E-state index in [-0.39, 0.29) is 11.5 Å². The number of amides is 1. The first-order valence-corrected chi connectivity index (χ1v) is 7.01. The zero-order chi connectivity index (χ0) is 14.7. The molecule has 3 aromatic rings. The van der Waals surface area contributed by atoms with E-state index >= 15 is 0 Å². The Balaban J connectivity index is 1.75. The number of carbonyl (C=O) groups is 1. The Morgan fingerprint density at radius 2 is 2.14 bits per heavy atom. The van der Waals surface area contributed by atoms with E-state index in [1.807, 2.05) is 11.4 Å². The van der Waals surface area contributed by atoms with E-state index in [2.05, 4.69) is 10.5 Å². The minimum Gasteiger partial charge on any atom is -0.423 e. The van der Waals surface area contributed by atoms with Crippen molar-refractivity contribution in [1.82, 2.24) is 5.43 Å². The maximum atomic E-state index is 11.7. The lowest BCUT2D eigenvalue weighted by Gasteiger charge is -1.98. The molecule has 1 aromatic carbocycles. The smallest absolute Gasteiger partial charge is 0.336 e. The van der Waals surface area contributed by atoms with Gasteiger partial charge in [-0.15, -0.1) is 11.3 Å². The van der Waals surface area contributed by atoms with Crippen LogP contribution in [0.15, 0.2) is 62.2 Å². The van der Waals surface area contributed by atoms with Gasteiger partial charge in [0, 0.05) is 11.5 Å². The molecule has 2 heterocycles. The molecule has 0 aliphatic carbocycles. The minimum absolute atomic E-state index is 0.243. The van der Waals surface area contributed by atoms with Crippen molar-refractivity contribution < 1.29 is 9.21 Å². The fourth-order valence-electron chi connectivity index (χ4n) is 1.80. The molecule has 0 aliphatic rings. The zero-order valence-corrected chi connectivity index (χ0v) is 11.6. The van der Waals surface area contributed by atoms with E-state index in [9.17, 15) is 9.59 Å². The Labute approximate surface area is 123 Å². The molecular formula is C15H10N2O3S. The van der Waals surface area contributed by atoms with Crippen molar-refractivity contribution in [3.63, 3.8) is 0 Å². The molecular weight excluding hydrogens is 288 g/mol. The molecule has 21 heavy (non-hydrogen) atoms. The first kappa shape index (κ1) is 13.3. The van der Waals surface area contributed by atoms with E-state index in [0.717, 1.165) is 10.9 Å². The number of carbonyl (C=O) groups excluding carboxylic acids is 1. The third kappa shape index (κ3) is 3.06. The number of nitrogens with zero attached hydrogens (tertiary/aromatic N) is 1. The van der Waals surface area contributed by atoms with Gasteiger partial charge in [-0.2, -0.15) is 5.10 Å². The standard InChI is InChI=1S/C15H10N2O3S/c18-14-6-4-11-8-10(3-5-12(11)20-14)9-16-17-15(19)13-2-1-7-21-13/h1-9H,(H,17,19)/b16-9+. The molecule has 0 saturated carbocycles. The monoisotopic (exact) mass is 298 g/mol. The van der Waals surface area contributed by atoms with Crippen LogP contribution in [-0.2, 0) is 0 Å². The van der Waals surface area contributed by atoms with Crippen molar-refractivity contribution >= 4 is 34.4 Å². The molecule has 1 amide bonds. The van der Waals surface area contributed by atoms with E-state index in [1.54, 1.807) is 30.3 Å². The summed E-state index contributed by atoms with van der Waals surface area (Å²) in [6, 6.07) is 11.9. The summed E-state index contributed by atoms with van der Waals surface area (Å²) in [4.78, 5) is 23.4. The summed E-state index contributed by atoms with van der Waals surface area (Å²) < 4.78 is 5.04. The number of hydrazone groups is 1. The normalized spacial score (nSPS) is 11.0. The van der Waals surface area contributed by atoms with Gasteiger partial charge in [-0.1, -0.05) is 6.07 Å². The molecule has 0 atom stereocenters. The summed E-state index contributed by atoms with van der Waals surface area (Å²) in [5.74, 6) is -0.243. The van der Waals surface area contributed by atoms with Gasteiger partial charge in [-0.05, 0) is 41.3 Å². The molecule has 0 radical (unpaired) electrons. The second-order valence-corrected chi connectivity index (χ2v) is 5.18. The molecule has 0 spiro atoms. The molecule has 6 heteroatoms. The Kier molecular flexibility index (Phi) is 3.61. The molecule has 104 valence electrons. The van der Waals surface area contributed by atoms with Gasteiger partial charge in [0.2, 0.25) is 0 Å². The highest BCUT2D eigenvalue weighted by atomic mass is 32.1. The van der Waals surface area contributed by atoms with Gasteiger partial charge >= 0.3 is 5.63 Å². The van der Waals surface area contributed by atoms with Crippen LogP contribution in [0, 0.1) is 0 Å². The van der Waals surface area contributed by atoms with E-state index in [0.29, 0.717) is 10.5 Å². The van der Waals surface area contributed by atoms with Gasteiger partial charge in [-0.25, -0.2) is 10.2 Å². The van der Waals surface area contributed by atoms with Gasteiger partial charge in [0.25, 0.3) is 5.91 Å². The van der Waals surface area contributed by atoms with Gasteiger partial charge in [0.05, 0.1) is 11.1 Å². The minimum atomic E-state index is -0.382. The number of hydrogen-bond acceptors (Lipinski definition) is 5. The third-order valence-electron chi connectivity index (χ3n) is 2.77. The number of nitrogens with one attached hydrogen (secondary N) is 1. The molecule has 0 unspecified atom stereocenters. The molecule has 2 aromatic heterocycles. The Morgan fingerprint density at radius 3 is 2.95 bits per heavy atom. The van der Waals surface area contributed by atoms with Crippen LogP contribution in [0.2, 0.25) is 0 Å². The molecule has 1 N–H and O–H groups in total. The Morgan fingerprint density at radius 1 is 1.24 bits per heavy atom. The topological polar surface area (TPSA) is 71.7 Å². The summed E-state index contributed by atoms with van der Waals surface area (Å²) in [6.07, 6.45) is 1.54. The average Bonchev–Trinajstić information content (AvgIpc) is 3.01. The second kappa shape index (κ2) is 5.72. The summed E-state index contributed by atoms with van der Waals surface area (Å²) in [7, 11) is 0. The molecule has 0 bridgehead atoms. The van der Waals surface area contributed by atoms with E-state index in [1.165, 1.54) is 23.6 Å². The van der Waals surface area contributed by atoms with Gasteiger partial charge < -0.3 is 4.42 Å². The van der Waals surface area contributed by atoms with Crippen molar-refractivity contribution in [2.75, 3.05) is 0 Å². The maximum Gasteiger partial charge on any atom is 0.336 e. The van der Waals surface area contributed by atoms with Gasteiger partial charge in [-0.3, -0.25) is 4.79 Å². The van der Waals surface area contributed by atoms with Crippen LogP contribution in [0.1, 0.15) is 15.2 Å². The van der Waals surface area contributed by atoms with Crippen LogP contribution in [0.5, 0.6) is 0 Å². The Bertz CT molecular complexity index is 866. The van der Waals surface area contributed by atoms with Crippen molar-refractivity contribution in [3.8, 4) is 0 Å². The quantitative estimate of drug-likeness (QED) is 0.459. The average molecular weight is 298 g/mol. The summed E-state index contributed by atoms with van der Waals surface area (Å²) in [5, 5.41) is 6.54. The highest BCUT2D eigenvalue weighted by Gasteiger charge is 2.03. The zero-order valence-electron chi connectivity index (χ0n) is 10.8. The number of rotatable bonds is 3. The third-order valence-corrected chi connectivity index (χ3v) is 3.64. The number of benzene rings is 1. The highest BCUT2D eigenvalue weighted by molar-refractivity contribution is 7.12. The predicted octanol–water partition coefficient (Wildman–Crippen LogP) is 2.62. The second-order valence-electron chi connectivity index (χ2n) is 4.23. The van der Waals surface area contributed by atoms with Crippen molar-refractivity contribution in [2.24, 2.45) is 5.10 Å². The van der Waals surface area contributed by atoms with Crippen molar-refractivity contribution in [1.29, 1.82) is 0 Å². The molecule has 3 rings (SSSR count). The fraction of sp³-hybridized carbons (Fsp3) is 0. The number of thiophene rings is 1.